The second-order valence-electron chi connectivity index (χ2n) is 5.12. The molecule has 0 fully saturated rings. The van der Waals surface area contributed by atoms with Crippen LogP contribution in [-0.4, -0.2) is 28.7 Å². The van der Waals surface area contributed by atoms with Gasteiger partial charge in [-0.15, -0.1) is 0 Å². The van der Waals surface area contributed by atoms with Crippen molar-refractivity contribution >= 4 is 17.7 Å². The van der Waals surface area contributed by atoms with E-state index in [4.69, 9.17) is 0 Å². The Morgan fingerprint density at radius 1 is 1.00 bits per heavy atom. The van der Waals surface area contributed by atoms with Crippen LogP contribution in [0, 0.1) is 0 Å². The monoisotopic (exact) mass is 326 g/mol. The number of nitrogens with one attached hydrogen (secondary N) is 3. The normalized spacial score (nSPS) is 11.2. The van der Waals surface area contributed by atoms with E-state index in [1.807, 2.05) is 30.3 Å². The maximum absolute atomic E-state index is 12.3. The van der Waals surface area contributed by atoms with E-state index in [-0.39, 0.29) is 5.91 Å². The van der Waals surface area contributed by atoms with Gasteiger partial charge in [0.2, 0.25) is 5.91 Å². The molecule has 7 nitrogen and oxygen atoms in total. The van der Waals surface area contributed by atoms with Gasteiger partial charge in [-0.3, -0.25) is 30.2 Å². The van der Waals surface area contributed by atoms with Gasteiger partial charge in [-0.05, 0) is 17.7 Å². The van der Waals surface area contributed by atoms with Crippen molar-refractivity contribution in [2.45, 2.75) is 19.4 Å². The molecule has 7 heteroatoms. The van der Waals surface area contributed by atoms with E-state index in [0.717, 1.165) is 5.56 Å². The van der Waals surface area contributed by atoms with Crippen LogP contribution in [0.3, 0.4) is 0 Å². The summed E-state index contributed by atoms with van der Waals surface area (Å²) in [5.41, 5.74) is 5.91. The number of carbonyl (C=O) groups excluding carboxylic acids is 3. The van der Waals surface area contributed by atoms with E-state index in [0.29, 0.717) is 12.0 Å². The number of pyridine rings is 1. The molecule has 1 atom stereocenters. The SMILES string of the molecule is CC(=O)NC(Cc1ccccc1)C(=O)NNC(=O)c1ccncc1. The lowest BCUT2D eigenvalue weighted by atomic mass is 10.1. The van der Waals surface area contributed by atoms with Crippen molar-refractivity contribution < 1.29 is 14.4 Å². The molecule has 0 saturated heterocycles. The van der Waals surface area contributed by atoms with Gasteiger partial charge in [-0.1, -0.05) is 30.3 Å². The Bertz CT molecular complexity index is 704. The molecule has 3 N–H and O–H groups in total. The molecule has 2 rings (SSSR count). The number of hydrogen-bond donors (Lipinski definition) is 3. The molecule has 1 unspecified atom stereocenters. The lowest BCUT2D eigenvalue weighted by molar-refractivity contribution is -0.128. The van der Waals surface area contributed by atoms with E-state index >= 15 is 0 Å². The van der Waals surface area contributed by atoms with Crippen molar-refractivity contribution in [1.82, 2.24) is 21.2 Å². The molecule has 0 aliphatic heterocycles. The fraction of sp³-hybridized carbons (Fsp3) is 0.176. The number of hydrazine groups is 1. The maximum atomic E-state index is 12.3. The average molecular weight is 326 g/mol. The Balaban J connectivity index is 1.97. The summed E-state index contributed by atoms with van der Waals surface area (Å²) in [6.07, 6.45) is 3.27. The molecular formula is C17H18N4O3. The number of benzene rings is 1. The van der Waals surface area contributed by atoms with Crippen LogP contribution in [0.15, 0.2) is 54.9 Å². The largest absolute Gasteiger partial charge is 0.344 e. The average Bonchev–Trinajstić information content (AvgIpc) is 2.60. The number of hydrogen-bond acceptors (Lipinski definition) is 4. The highest BCUT2D eigenvalue weighted by Gasteiger charge is 2.20. The van der Waals surface area contributed by atoms with Crippen molar-refractivity contribution in [3.63, 3.8) is 0 Å². The van der Waals surface area contributed by atoms with Crippen LogP contribution in [0.4, 0.5) is 0 Å². The molecule has 124 valence electrons. The van der Waals surface area contributed by atoms with Crippen LogP contribution in [0.1, 0.15) is 22.8 Å². The molecule has 2 aromatic rings. The molecule has 0 aliphatic rings. The van der Waals surface area contributed by atoms with Crippen molar-refractivity contribution in [3.05, 3.63) is 66.0 Å². The quantitative estimate of drug-likeness (QED) is 0.700. The lowest BCUT2D eigenvalue weighted by Gasteiger charge is -2.18. The fourth-order valence-electron chi connectivity index (χ4n) is 2.09. The molecule has 1 aromatic heterocycles. The smallest absolute Gasteiger partial charge is 0.269 e. The second kappa shape index (κ2) is 8.42. The third kappa shape index (κ3) is 5.20. The zero-order valence-electron chi connectivity index (χ0n) is 13.2. The molecule has 1 aromatic carbocycles. The van der Waals surface area contributed by atoms with Crippen molar-refractivity contribution in [2.75, 3.05) is 0 Å². The highest BCUT2D eigenvalue weighted by atomic mass is 16.2. The summed E-state index contributed by atoms with van der Waals surface area (Å²) in [6.45, 7) is 1.33. The van der Waals surface area contributed by atoms with Gasteiger partial charge in [0.25, 0.3) is 11.8 Å². The molecule has 0 radical (unpaired) electrons. The molecule has 3 amide bonds. The standard InChI is InChI=1S/C17H18N4O3/c1-12(22)19-15(11-13-5-3-2-4-6-13)17(24)21-20-16(23)14-7-9-18-10-8-14/h2-10,15H,11H2,1H3,(H,19,22)(H,20,23)(H,21,24). The van der Waals surface area contributed by atoms with Crippen LogP contribution < -0.4 is 16.2 Å². The van der Waals surface area contributed by atoms with Crippen molar-refractivity contribution in [1.29, 1.82) is 0 Å². The molecule has 0 spiro atoms. The number of amides is 3. The third-order valence-corrected chi connectivity index (χ3v) is 3.22. The minimum absolute atomic E-state index is 0.317. The first kappa shape index (κ1) is 17.1. The number of carbonyl (C=O) groups is 3. The Kier molecular flexibility index (Phi) is 6.01. The van der Waals surface area contributed by atoms with Gasteiger partial charge in [0.1, 0.15) is 6.04 Å². The van der Waals surface area contributed by atoms with Crippen LogP contribution in [0.5, 0.6) is 0 Å². The van der Waals surface area contributed by atoms with E-state index in [9.17, 15) is 14.4 Å². The van der Waals surface area contributed by atoms with Gasteiger partial charge in [-0.25, -0.2) is 0 Å². The second-order valence-corrected chi connectivity index (χ2v) is 5.12. The van der Waals surface area contributed by atoms with Gasteiger partial charge >= 0.3 is 0 Å². The zero-order valence-corrected chi connectivity index (χ0v) is 13.2. The van der Waals surface area contributed by atoms with E-state index in [2.05, 4.69) is 21.2 Å². The van der Waals surface area contributed by atoms with Crippen molar-refractivity contribution in [3.8, 4) is 0 Å². The zero-order chi connectivity index (χ0) is 17.4. The Labute approximate surface area is 139 Å². The van der Waals surface area contributed by atoms with Gasteiger partial charge in [0.05, 0.1) is 0 Å². The summed E-state index contributed by atoms with van der Waals surface area (Å²) in [4.78, 5) is 39.3. The summed E-state index contributed by atoms with van der Waals surface area (Å²) < 4.78 is 0. The minimum atomic E-state index is -0.789. The molecule has 0 aliphatic carbocycles. The predicted octanol–water partition coefficient (Wildman–Crippen LogP) is 0.590. The highest BCUT2D eigenvalue weighted by Crippen LogP contribution is 2.03. The van der Waals surface area contributed by atoms with Gasteiger partial charge in [0, 0.05) is 31.3 Å². The summed E-state index contributed by atoms with van der Waals surface area (Å²) in [6, 6.07) is 11.5. The molecular weight excluding hydrogens is 308 g/mol. The van der Waals surface area contributed by atoms with Gasteiger partial charge in [-0.2, -0.15) is 0 Å². The maximum Gasteiger partial charge on any atom is 0.269 e. The Morgan fingerprint density at radius 2 is 1.67 bits per heavy atom. The van der Waals surface area contributed by atoms with Crippen molar-refractivity contribution in [2.24, 2.45) is 0 Å². The summed E-state index contributed by atoms with van der Waals surface area (Å²) in [5.74, 6) is -1.30. The third-order valence-electron chi connectivity index (χ3n) is 3.22. The molecule has 0 saturated carbocycles. The lowest BCUT2D eigenvalue weighted by Crippen LogP contribution is -2.52. The van der Waals surface area contributed by atoms with E-state index in [1.54, 1.807) is 0 Å². The number of rotatable bonds is 5. The number of aromatic nitrogens is 1. The highest BCUT2D eigenvalue weighted by molar-refractivity contribution is 5.96. The fourth-order valence-corrected chi connectivity index (χ4v) is 2.09. The van der Waals surface area contributed by atoms with Crippen LogP contribution >= 0.6 is 0 Å². The summed E-state index contributed by atoms with van der Waals surface area (Å²) in [7, 11) is 0. The number of nitrogens with zero attached hydrogens (tertiary/aromatic N) is 1. The first-order chi connectivity index (χ1) is 11.6. The molecule has 1 heterocycles. The van der Waals surface area contributed by atoms with Gasteiger partial charge in [0.15, 0.2) is 0 Å². The minimum Gasteiger partial charge on any atom is -0.344 e. The predicted molar refractivity (Wildman–Crippen MR) is 87.6 cm³/mol. The van der Waals surface area contributed by atoms with Crippen LogP contribution in [-0.2, 0) is 16.0 Å². The Morgan fingerprint density at radius 3 is 2.29 bits per heavy atom. The van der Waals surface area contributed by atoms with Crippen LogP contribution in [0.2, 0.25) is 0 Å². The van der Waals surface area contributed by atoms with E-state index < -0.39 is 17.9 Å². The van der Waals surface area contributed by atoms with Crippen LogP contribution in [0.25, 0.3) is 0 Å². The molecule has 24 heavy (non-hydrogen) atoms. The first-order valence-corrected chi connectivity index (χ1v) is 7.37. The van der Waals surface area contributed by atoms with E-state index in [1.165, 1.54) is 31.5 Å². The first-order valence-electron chi connectivity index (χ1n) is 7.37. The Hall–Kier alpha value is -3.22. The molecule has 0 bridgehead atoms. The van der Waals surface area contributed by atoms with Gasteiger partial charge < -0.3 is 5.32 Å². The summed E-state index contributed by atoms with van der Waals surface area (Å²) >= 11 is 0. The summed E-state index contributed by atoms with van der Waals surface area (Å²) in [5, 5.41) is 2.58. The topological polar surface area (TPSA) is 100 Å².